The largest absolute Gasteiger partial charge is 0.380 e. The van der Waals surface area contributed by atoms with E-state index in [1.807, 2.05) is 0 Å². The van der Waals surface area contributed by atoms with Crippen molar-refractivity contribution in [1.82, 2.24) is 15.6 Å². The van der Waals surface area contributed by atoms with Crippen molar-refractivity contribution in [2.24, 2.45) is 0 Å². The molecule has 0 aliphatic carbocycles. The molecular weight excluding hydrogens is 242 g/mol. The highest BCUT2D eigenvalue weighted by atomic mass is 32.1. The van der Waals surface area contributed by atoms with Crippen LogP contribution in [0.5, 0.6) is 0 Å². The van der Waals surface area contributed by atoms with Crippen LogP contribution < -0.4 is 15.5 Å². The Morgan fingerprint density at radius 1 is 1.71 bits per heavy atom. The molecule has 7 heteroatoms. The third-order valence-corrected chi connectivity index (χ3v) is 3.48. The van der Waals surface area contributed by atoms with E-state index in [-0.39, 0.29) is 22.9 Å². The molecule has 0 radical (unpaired) electrons. The van der Waals surface area contributed by atoms with Gasteiger partial charge < -0.3 is 20.4 Å². The van der Waals surface area contributed by atoms with Gasteiger partial charge in [-0.25, -0.2) is 0 Å². The number of amides is 1. The minimum absolute atomic E-state index is 0.0587. The van der Waals surface area contributed by atoms with Gasteiger partial charge in [-0.15, -0.1) is 0 Å². The second-order valence-corrected chi connectivity index (χ2v) is 4.79. The highest BCUT2D eigenvalue weighted by Crippen LogP contribution is 2.09. The average molecular weight is 257 g/mol. The summed E-state index contributed by atoms with van der Waals surface area (Å²) in [6, 6.07) is -0.203. The summed E-state index contributed by atoms with van der Waals surface area (Å²) >= 11 is 1.09. The Kier molecular flexibility index (Phi) is 3.93. The van der Waals surface area contributed by atoms with Crippen LogP contribution in [-0.4, -0.2) is 36.7 Å². The van der Waals surface area contributed by atoms with Crippen LogP contribution in [0.1, 0.15) is 12.1 Å². The molecule has 0 saturated carbocycles. The summed E-state index contributed by atoms with van der Waals surface area (Å²) < 4.78 is 5.17. The van der Waals surface area contributed by atoms with Crippen molar-refractivity contribution in [3.63, 3.8) is 0 Å². The summed E-state index contributed by atoms with van der Waals surface area (Å²) in [4.78, 5) is 25.2. The topological polar surface area (TPSA) is 83.2 Å². The molecule has 0 spiro atoms. The highest BCUT2D eigenvalue weighted by Gasteiger charge is 2.28. The number of ether oxygens (including phenoxy) is 1. The van der Waals surface area contributed by atoms with Crippen LogP contribution in [-0.2, 0) is 16.1 Å². The van der Waals surface area contributed by atoms with Gasteiger partial charge in [-0.2, -0.15) is 0 Å². The van der Waals surface area contributed by atoms with Crippen LogP contribution in [0.2, 0.25) is 0 Å². The average Bonchev–Trinajstić information content (AvgIpc) is 2.94. The zero-order chi connectivity index (χ0) is 12.3. The number of hydrogen-bond acceptors (Lipinski definition) is 5. The molecule has 1 fully saturated rings. The standard InChI is InChI=1S/C10H15N3O3S/c1-16-7-2-8(11-4-7)9(14)12-3-6-5-17-10(15)13-6/h5,7-8,11H,2-4H2,1H3,(H,12,14)(H,13,15). The van der Waals surface area contributed by atoms with Crippen molar-refractivity contribution in [1.29, 1.82) is 0 Å². The first kappa shape index (κ1) is 12.3. The number of aromatic nitrogens is 1. The second-order valence-electron chi connectivity index (χ2n) is 3.95. The normalized spacial score (nSPS) is 23.8. The lowest BCUT2D eigenvalue weighted by molar-refractivity contribution is -0.123. The van der Waals surface area contributed by atoms with Crippen molar-refractivity contribution >= 4 is 17.2 Å². The van der Waals surface area contributed by atoms with Crippen molar-refractivity contribution in [3.8, 4) is 0 Å². The summed E-state index contributed by atoms with van der Waals surface area (Å²) in [7, 11) is 1.64. The summed E-state index contributed by atoms with van der Waals surface area (Å²) in [6.07, 6.45) is 0.786. The van der Waals surface area contributed by atoms with E-state index in [4.69, 9.17) is 4.74 Å². The molecule has 94 valence electrons. The van der Waals surface area contributed by atoms with E-state index in [9.17, 15) is 9.59 Å². The predicted molar refractivity (Wildman–Crippen MR) is 64.0 cm³/mol. The van der Waals surface area contributed by atoms with E-state index < -0.39 is 0 Å². The molecule has 2 rings (SSSR count). The Labute approximate surface area is 102 Å². The molecule has 3 N–H and O–H groups in total. The summed E-state index contributed by atoms with van der Waals surface area (Å²) in [5.41, 5.74) is 0.731. The van der Waals surface area contributed by atoms with Crippen LogP contribution >= 0.6 is 11.3 Å². The van der Waals surface area contributed by atoms with Crippen LogP contribution in [0, 0.1) is 0 Å². The molecule has 1 aromatic heterocycles. The first-order valence-corrected chi connectivity index (χ1v) is 6.27. The van der Waals surface area contributed by atoms with Gasteiger partial charge in [0, 0.05) is 24.7 Å². The van der Waals surface area contributed by atoms with Gasteiger partial charge in [0.25, 0.3) is 0 Å². The van der Waals surface area contributed by atoms with Crippen LogP contribution in [0.15, 0.2) is 10.2 Å². The monoisotopic (exact) mass is 257 g/mol. The Bertz CT molecular complexity index is 442. The first-order valence-electron chi connectivity index (χ1n) is 5.39. The fourth-order valence-corrected chi connectivity index (χ4v) is 2.37. The molecule has 1 aliphatic heterocycles. The SMILES string of the molecule is COC1CNC(C(=O)NCc2csc(=O)[nH]2)C1. The van der Waals surface area contributed by atoms with E-state index in [2.05, 4.69) is 15.6 Å². The number of nitrogens with one attached hydrogen (secondary N) is 3. The number of rotatable bonds is 4. The number of H-pyrrole nitrogens is 1. The van der Waals surface area contributed by atoms with Gasteiger partial charge in [-0.05, 0) is 6.42 Å². The molecule has 0 bridgehead atoms. The molecule has 1 saturated heterocycles. The maximum Gasteiger partial charge on any atom is 0.304 e. The number of methoxy groups -OCH3 is 1. The number of hydrogen-bond donors (Lipinski definition) is 3. The van der Waals surface area contributed by atoms with Gasteiger partial charge in [0.1, 0.15) is 0 Å². The number of aromatic amines is 1. The summed E-state index contributed by atoms with van der Waals surface area (Å²) in [5, 5.41) is 7.58. The number of carbonyl (C=O) groups is 1. The van der Waals surface area contributed by atoms with Crippen molar-refractivity contribution in [2.45, 2.75) is 25.1 Å². The van der Waals surface area contributed by atoms with Crippen molar-refractivity contribution in [2.75, 3.05) is 13.7 Å². The van der Waals surface area contributed by atoms with Gasteiger partial charge in [0.2, 0.25) is 5.91 Å². The lowest BCUT2D eigenvalue weighted by atomic mass is 10.2. The third kappa shape index (κ3) is 3.15. The van der Waals surface area contributed by atoms with Gasteiger partial charge in [0.15, 0.2) is 0 Å². The van der Waals surface area contributed by atoms with Crippen LogP contribution in [0.25, 0.3) is 0 Å². The Hall–Kier alpha value is -1.18. The fraction of sp³-hybridized carbons (Fsp3) is 0.600. The van der Waals surface area contributed by atoms with E-state index in [0.29, 0.717) is 19.5 Å². The van der Waals surface area contributed by atoms with E-state index >= 15 is 0 Å². The van der Waals surface area contributed by atoms with Gasteiger partial charge >= 0.3 is 4.87 Å². The summed E-state index contributed by atoms with van der Waals surface area (Å²) in [5.74, 6) is -0.0587. The van der Waals surface area contributed by atoms with Crippen molar-refractivity contribution in [3.05, 3.63) is 20.7 Å². The molecular formula is C10H15N3O3S. The van der Waals surface area contributed by atoms with E-state index in [1.165, 1.54) is 0 Å². The predicted octanol–water partition coefficient (Wildman–Crippen LogP) is -0.570. The van der Waals surface area contributed by atoms with Gasteiger partial charge in [0.05, 0.1) is 18.7 Å². The molecule has 1 aliphatic rings. The molecule has 2 heterocycles. The third-order valence-electron chi connectivity index (χ3n) is 2.76. The maximum absolute atomic E-state index is 11.8. The Morgan fingerprint density at radius 3 is 3.12 bits per heavy atom. The van der Waals surface area contributed by atoms with Crippen LogP contribution in [0.4, 0.5) is 0 Å². The minimum Gasteiger partial charge on any atom is -0.380 e. The number of carbonyl (C=O) groups excluding carboxylic acids is 1. The Balaban J connectivity index is 1.80. The zero-order valence-corrected chi connectivity index (χ0v) is 10.3. The molecule has 17 heavy (non-hydrogen) atoms. The van der Waals surface area contributed by atoms with Gasteiger partial charge in [-0.3, -0.25) is 9.59 Å². The quantitative estimate of drug-likeness (QED) is 0.674. The summed E-state index contributed by atoms with van der Waals surface area (Å²) in [6.45, 7) is 1.05. The lowest BCUT2D eigenvalue weighted by Crippen LogP contribution is -2.40. The minimum atomic E-state index is -0.203. The second kappa shape index (κ2) is 5.44. The molecule has 6 nitrogen and oxygen atoms in total. The number of thiazole rings is 1. The van der Waals surface area contributed by atoms with Gasteiger partial charge in [-0.1, -0.05) is 11.3 Å². The first-order chi connectivity index (χ1) is 8.19. The molecule has 2 unspecified atom stereocenters. The maximum atomic E-state index is 11.8. The van der Waals surface area contributed by atoms with E-state index in [0.717, 1.165) is 17.0 Å². The lowest BCUT2D eigenvalue weighted by Gasteiger charge is -2.10. The Morgan fingerprint density at radius 2 is 2.53 bits per heavy atom. The van der Waals surface area contributed by atoms with Crippen LogP contribution in [0.3, 0.4) is 0 Å². The molecule has 0 aromatic carbocycles. The molecule has 1 amide bonds. The molecule has 2 atom stereocenters. The van der Waals surface area contributed by atoms with Crippen molar-refractivity contribution < 1.29 is 9.53 Å². The highest BCUT2D eigenvalue weighted by molar-refractivity contribution is 7.07. The smallest absolute Gasteiger partial charge is 0.304 e. The fourth-order valence-electron chi connectivity index (χ4n) is 1.79. The van der Waals surface area contributed by atoms with E-state index in [1.54, 1.807) is 12.5 Å². The molecule has 1 aromatic rings. The zero-order valence-electron chi connectivity index (χ0n) is 9.49.